The lowest BCUT2D eigenvalue weighted by molar-refractivity contribution is 0.837. The smallest absolute Gasteiger partial charge is 0.117 e. The van der Waals surface area contributed by atoms with E-state index in [1.54, 1.807) is 6.20 Å². The summed E-state index contributed by atoms with van der Waals surface area (Å²) in [5.74, 6) is 0.500. The zero-order valence-electron chi connectivity index (χ0n) is 5.63. The van der Waals surface area contributed by atoms with Crippen LogP contribution >= 0.6 is 0 Å². The first kappa shape index (κ1) is 6.20. The van der Waals surface area contributed by atoms with Gasteiger partial charge in [0, 0.05) is 6.20 Å². The molecular formula is C7H9N2. The number of rotatable bonds is 1. The molecule has 0 spiro atoms. The lowest BCUT2D eigenvalue weighted by Crippen LogP contribution is -1.89. The fourth-order valence-electron chi connectivity index (χ4n) is 0.592. The Hall–Kier alpha value is -0.920. The molecule has 0 amide bonds. The Morgan fingerprint density at radius 1 is 1.56 bits per heavy atom. The summed E-state index contributed by atoms with van der Waals surface area (Å²) in [6, 6.07) is 1.93. The second kappa shape index (κ2) is 2.58. The van der Waals surface area contributed by atoms with Crippen LogP contribution in [0.4, 0.5) is 0 Å². The maximum absolute atomic E-state index is 3.63. The third kappa shape index (κ3) is 1.49. The third-order valence-electron chi connectivity index (χ3n) is 1.18. The number of hydrogen-bond acceptors (Lipinski definition) is 2. The second-order valence-electron chi connectivity index (χ2n) is 2.25. The van der Waals surface area contributed by atoms with Crippen LogP contribution in [0, 0.1) is 6.20 Å². The van der Waals surface area contributed by atoms with E-state index in [2.05, 4.69) is 30.2 Å². The van der Waals surface area contributed by atoms with Gasteiger partial charge in [-0.05, 0) is 17.5 Å². The molecule has 0 N–H and O–H groups in total. The fraction of sp³-hybridized carbons (Fsp3) is 0.429. The average Bonchev–Trinajstić information content (AvgIpc) is 1.90. The minimum absolute atomic E-state index is 0.500. The summed E-state index contributed by atoms with van der Waals surface area (Å²) >= 11 is 0. The first-order chi connectivity index (χ1) is 4.30. The first-order valence-electron chi connectivity index (χ1n) is 3.00. The van der Waals surface area contributed by atoms with Crippen molar-refractivity contribution < 1.29 is 0 Å². The van der Waals surface area contributed by atoms with E-state index in [-0.39, 0.29) is 0 Å². The SMILES string of the molecule is CC(C)c1[c]nncc1. The average molecular weight is 121 g/mol. The van der Waals surface area contributed by atoms with Crippen LogP contribution in [0.3, 0.4) is 0 Å². The summed E-state index contributed by atoms with van der Waals surface area (Å²) in [4.78, 5) is 0. The Labute approximate surface area is 54.9 Å². The Bertz CT molecular complexity index is 170. The summed E-state index contributed by atoms with van der Waals surface area (Å²) < 4.78 is 0. The van der Waals surface area contributed by atoms with Crippen LogP contribution < -0.4 is 0 Å². The molecule has 1 rings (SSSR count). The fourth-order valence-corrected chi connectivity index (χ4v) is 0.592. The van der Waals surface area contributed by atoms with E-state index in [0.717, 1.165) is 5.56 Å². The maximum Gasteiger partial charge on any atom is 0.117 e. The molecule has 0 aliphatic rings. The lowest BCUT2D eigenvalue weighted by atomic mass is 10.1. The molecule has 0 unspecified atom stereocenters. The molecule has 2 heteroatoms. The molecular weight excluding hydrogens is 112 g/mol. The van der Waals surface area contributed by atoms with Crippen molar-refractivity contribution in [3.8, 4) is 0 Å². The predicted octanol–water partition coefficient (Wildman–Crippen LogP) is 1.40. The number of hydrogen-bond donors (Lipinski definition) is 0. The van der Waals surface area contributed by atoms with Gasteiger partial charge in [-0.1, -0.05) is 13.8 Å². The van der Waals surface area contributed by atoms with Gasteiger partial charge in [0.2, 0.25) is 0 Å². The molecule has 0 aliphatic heterocycles. The van der Waals surface area contributed by atoms with Gasteiger partial charge in [0.15, 0.2) is 0 Å². The Balaban J connectivity index is 2.85. The van der Waals surface area contributed by atoms with E-state index in [9.17, 15) is 0 Å². The highest BCUT2D eigenvalue weighted by Gasteiger charge is 1.96. The van der Waals surface area contributed by atoms with E-state index in [1.165, 1.54) is 0 Å². The van der Waals surface area contributed by atoms with Crippen LogP contribution in [0.15, 0.2) is 12.3 Å². The van der Waals surface area contributed by atoms with Crippen LogP contribution in [0.5, 0.6) is 0 Å². The molecule has 0 aromatic carbocycles. The standard InChI is InChI=1S/C7H9N2/c1-6(2)7-3-4-8-9-5-7/h3-4,6H,1-2H3. The first-order valence-corrected chi connectivity index (χ1v) is 3.00. The summed E-state index contributed by atoms with van der Waals surface area (Å²) in [5, 5.41) is 7.25. The van der Waals surface area contributed by atoms with Gasteiger partial charge < -0.3 is 0 Å². The van der Waals surface area contributed by atoms with E-state index in [0.29, 0.717) is 5.92 Å². The number of aromatic nitrogens is 2. The summed E-state index contributed by atoms with van der Waals surface area (Å²) in [6.07, 6.45) is 4.49. The Kier molecular flexibility index (Phi) is 1.78. The highest BCUT2D eigenvalue weighted by molar-refractivity contribution is 5.07. The van der Waals surface area contributed by atoms with Gasteiger partial charge in [0.05, 0.1) is 0 Å². The normalized spacial score (nSPS) is 10.1. The van der Waals surface area contributed by atoms with Crippen molar-refractivity contribution in [1.82, 2.24) is 10.2 Å². The highest BCUT2D eigenvalue weighted by atomic mass is 15.1. The molecule has 0 fully saturated rings. The summed E-state index contributed by atoms with van der Waals surface area (Å²) in [6.45, 7) is 4.21. The zero-order chi connectivity index (χ0) is 6.69. The molecule has 47 valence electrons. The Morgan fingerprint density at radius 3 is 2.67 bits per heavy atom. The van der Waals surface area contributed by atoms with Gasteiger partial charge in [-0.15, -0.1) is 5.10 Å². The van der Waals surface area contributed by atoms with Crippen molar-refractivity contribution in [2.24, 2.45) is 0 Å². The van der Waals surface area contributed by atoms with Crippen LogP contribution in [0.1, 0.15) is 25.3 Å². The van der Waals surface area contributed by atoms with Crippen molar-refractivity contribution in [3.63, 3.8) is 0 Å². The molecule has 0 atom stereocenters. The zero-order valence-corrected chi connectivity index (χ0v) is 5.63. The van der Waals surface area contributed by atoms with Crippen LogP contribution in [0.2, 0.25) is 0 Å². The van der Waals surface area contributed by atoms with Crippen LogP contribution in [-0.4, -0.2) is 10.2 Å². The molecule has 1 aromatic rings. The van der Waals surface area contributed by atoms with Gasteiger partial charge in [-0.2, -0.15) is 5.10 Å². The van der Waals surface area contributed by atoms with Gasteiger partial charge in [0.1, 0.15) is 6.20 Å². The molecule has 1 radical (unpaired) electrons. The summed E-state index contributed by atoms with van der Waals surface area (Å²) in [5.41, 5.74) is 1.12. The van der Waals surface area contributed by atoms with Crippen LogP contribution in [-0.2, 0) is 0 Å². The highest BCUT2D eigenvalue weighted by Crippen LogP contribution is 2.08. The molecule has 1 heterocycles. The minimum atomic E-state index is 0.500. The van der Waals surface area contributed by atoms with Gasteiger partial charge >= 0.3 is 0 Å². The van der Waals surface area contributed by atoms with E-state index < -0.39 is 0 Å². The third-order valence-corrected chi connectivity index (χ3v) is 1.18. The molecule has 1 aromatic heterocycles. The van der Waals surface area contributed by atoms with Crippen LogP contribution in [0.25, 0.3) is 0 Å². The van der Waals surface area contributed by atoms with Crippen molar-refractivity contribution in [3.05, 3.63) is 24.0 Å². The van der Waals surface area contributed by atoms with E-state index in [1.807, 2.05) is 6.07 Å². The molecule has 0 saturated carbocycles. The van der Waals surface area contributed by atoms with Crippen molar-refractivity contribution in [2.45, 2.75) is 19.8 Å². The van der Waals surface area contributed by atoms with Crippen molar-refractivity contribution in [1.29, 1.82) is 0 Å². The molecule has 0 aliphatic carbocycles. The summed E-state index contributed by atoms with van der Waals surface area (Å²) in [7, 11) is 0. The predicted molar refractivity (Wildman–Crippen MR) is 35.0 cm³/mol. The molecule has 9 heavy (non-hydrogen) atoms. The van der Waals surface area contributed by atoms with Crippen molar-refractivity contribution >= 4 is 0 Å². The monoisotopic (exact) mass is 121 g/mol. The minimum Gasteiger partial charge on any atom is -0.158 e. The van der Waals surface area contributed by atoms with Gasteiger partial charge in [-0.25, -0.2) is 0 Å². The van der Waals surface area contributed by atoms with Crippen molar-refractivity contribution in [2.75, 3.05) is 0 Å². The number of nitrogens with zero attached hydrogens (tertiary/aromatic N) is 2. The molecule has 0 saturated heterocycles. The largest absolute Gasteiger partial charge is 0.158 e. The van der Waals surface area contributed by atoms with Gasteiger partial charge in [0.25, 0.3) is 0 Å². The second-order valence-corrected chi connectivity index (χ2v) is 2.25. The molecule has 0 bridgehead atoms. The lowest BCUT2D eigenvalue weighted by Gasteiger charge is -1.99. The van der Waals surface area contributed by atoms with Gasteiger partial charge in [-0.3, -0.25) is 0 Å². The topological polar surface area (TPSA) is 25.8 Å². The maximum atomic E-state index is 3.63. The Morgan fingerprint density at radius 2 is 2.33 bits per heavy atom. The van der Waals surface area contributed by atoms with E-state index >= 15 is 0 Å². The quantitative estimate of drug-likeness (QED) is 0.561. The molecule has 2 nitrogen and oxygen atoms in total. The van der Waals surface area contributed by atoms with E-state index in [4.69, 9.17) is 0 Å².